The molecule has 2 aliphatic carbocycles. The van der Waals surface area contributed by atoms with Crippen LogP contribution in [0.5, 0.6) is 17.2 Å². The molecular weight excluding hydrogens is 328 g/mol. The number of carbonyl (C=O) groups is 1. The van der Waals surface area contributed by atoms with E-state index in [1.165, 1.54) is 11.1 Å². The number of ether oxygens (including phenoxy) is 2. The molecule has 1 fully saturated rings. The highest BCUT2D eigenvalue weighted by Crippen LogP contribution is 2.52. The fourth-order valence-electron chi connectivity index (χ4n) is 5.12. The molecule has 0 saturated heterocycles. The Morgan fingerprint density at radius 2 is 1.73 bits per heavy atom. The van der Waals surface area contributed by atoms with Crippen molar-refractivity contribution in [3.05, 3.63) is 52.1 Å². The second kappa shape index (κ2) is 5.50. The van der Waals surface area contributed by atoms with Gasteiger partial charge in [-0.2, -0.15) is 0 Å². The Morgan fingerprint density at radius 1 is 1.04 bits per heavy atom. The number of Topliss-reactive ketones (excluding diaryl/α,β-unsaturated/α-hetero) is 1. The number of hydrogen-bond donors (Lipinski definition) is 1. The van der Waals surface area contributed by atoms with Gasteiger partial charge in [0.05, 0.1) is 0 Å². The Kier molecular flexibility index (Phi) is 3.33. The smallest absolute Gasteiger partial charge is 0.231 e. The summed E-state index contributed by atoms with van der Waals surface area (Å²) >= 11 is 0. The van der Waals surface area contributed by atoms with Crippen LogP contribution in [0.15, 0.2) is 24.3 Å². The number of aryl methyl sites for hydroxylation is 2. The van der Waals surface area contributed by atoms with Crippen molar-refractivity contribution < 1.29 is 19.4 Å². The first-order valence-electron chi connectivity index (χ1n) is 9.28. The second-order valence-electron chi connectivity index (χ2n) is 7.88. The van der Waals surface area contributed by atoms with Crippen LogP contribution >= 0.6 is 0 Å². The first kappa shape index (κ1) is 15.7. The molecule has 1 heterocycles. The van der Waals surface area contributed by atoms with Crippen molar-refractivity contribution in [3.8, 4) is 17.2 Å². The minimum atomic E-state index is 0.0196. The lowest BCUT2D eigenvalue weighted by Gasteiger charge is -2.36. The number of carbonyl (C=O) groups excluding carboxylic acids is 1. The standard InChI is InChI=1S/C22H22O4/c1-11-5-15(6-12(2)22(11)24)20-16-9-19-18(25-10-26-19)8-14(16)7-13-3-4-17(23)21(13)20/h5-6,8-9,13,20-21,24H,3-4,7,10H2,1-2H3. The van der Waals surface area contributed by atoms with Gasteiger partial charge in [0.2, 0.25) is 6.79 Å². The van der Waals surface area contributed by atoms with E-state index in [0.29, 0.717) is 23.9 Å². The molecular formula is C22H22O4. The van der Waals surface area contributed by atoms with E-state index in [2.05, 4.69) is 12.1 Å². The monoisotopic (exact) mass is 350 g/mol. The Balaban J connectivity index is 1.72. The third kappa shape index (κ3) is 2.17. The first-order chi connectivity index (χ1) is 12.5. The number of ketones is 1. The molecule has 4 nitrogen and oxygen atoms in total. The van der Waals surface area contributed by atoms with Crippen LogP contribution in [0.3, 0.4) is 0 Å². The molecule has 0 bridgehead atoms. The highest BCUT2D eigenvalue weighted by Gasteiger charge is 2.46. The van der Waals surface area contributed by atoms with Gasteiger partial charge in [0, 0.05) is 18.3 Å². The zero-order valence-corrected chi connectivity index (χ0v) is 15.0. The predicted octanol–water partition coefficient (Wildman–Crippen LogP) is 4.02. The number of benzene rings is 2. The molecule has 0 spiro atoms. The summed E-state index contributed by atoms with van der Waals surface area (Å²) in [5.74, 6) is 2.71. The van der Waals surface area contributed by atoms with E-state index in [4.69, 9.17) is 9.47 Å². The Morgan fingerprint density at radius 3 is 2.46 bits per heavy atom. The zero-order chi connectivity index (χ0) is 18.0. The van der Waals surface area contributed by atoms with Crippen molar-refractivity contribution in [2.75, 3.05) is 6.79 Å². The van der Waals surface area contributed by atoms with Gasteiger partial charge in [0.15, 0.2) is 11.5 Å². The first-order valence-corrected chi connectivity index (χ1v) is 9.28. The van der Waals surface area contributed by atoms with Crippen LogP contribution in [0.1, 0.15) is 46.6 Å². The van der Waals surface area contributed by atoms with Gasteiger partial charge in [-0.05, 0) is 72.6 Å². The molecule has 1 aliphatic heterocycles. The molecule has 2 aromatic rings. The van der Waals surface area contributed by atoms with Gasteiger partial charge in [-0.15, -0.1) is 0 Å². The summed E-state index contributed by atoms with van der Waals surface area (Å²) < 4.78 is 11.2. The van der Waals surface area contributed by atoms with E-state index < -0.39 is 0 Å². The summed E-state index contributed by atoms with van der Waals surface area (Å²) in [5.41, 5.74) is 5.27. The maximum atomic E-state index is 12.8. The molecule has 2 aromatic carbocycles. The number of rotatable bonds is 1. The second-order valence-corrected chi connectivity index (χ2v) is 7.88. The number of phenolic OH excluding ortho intramolecular Hbond substituents is 1. The predicted molar refractivity (Wildman–Crippen MR) is 96.9 cm³/mol. The van der Waals surface area contributed by atoms with Crippen LogP contribution in [0.25, 0.3) is 0 Å². The van der Waals surface area contributed by atoms with Crippen LogP contribution in [-0.2, 0) is 11.2 Å². The zero-order valence-electron chi connectivity index (χ0n) is 15.0. The molecule has 3 aliphatic rings. The van der Waals surface area contributed by atoms with Crippen molar-refractivity contribution in [1.82, 2.24) is 0 Å². The molecule has 1 saturated carbocycles. The van der Waals surface area contributed by atoms with Crippen LogP contribution in [0.4, 0.5) is 0 Å². The molecule has 0 amide bonds. The summed E-state index contributed by atoms with van der Waals surface area (Å²) in [7, 11) is 0. The number of aromatic hydroxyl groups is 1. The van der Waals surface area contributed by atoms with Crippen molar-refractivity contribution in [3.63, 3.8) is 0 Å². The minimum Gasteiger partial charge on any atom is -0.507 e. The SMILES string of the molecule is Cc1cc(C2c3cc4c(cc3CC3CCC(=O)C32)OCO4)cc(C)c1O. The Bertz CT molecular complexity index is 907. The van der Waals surface area contributed by atoms with Gasteiger partial charge in [0.25, 0.3) is 0 Å². The van der Waals surface area contributed by atoms with Crippen molar-refractivity contribution >= 4 is 5.78 Å². The summed E-state index contributed by atoms with van der Waals surface area (Å²) in [5, 5.41) is 10.2. The lowest BCUT2D eigenvalue weighted by molar-refractivity contribution is -0.121. The molecule has 134 valence electrons. The van der Waals surface area contributed by atoms with Gasteiger partial charge >= 0.3 is 0 Å². The lowest BCUT2D eigenvalue weighted by Crippen LogP contribution is -2.30. The Hall–Kier alpha value is -2.49. The molecule has 1 N–H and O–H groups in total. The van der Waals surface area contributed by atoms with Crippen LogP contribution in [0, 0.1) is 25.7 Å². The van der Waals surface area contributed by atoms with E-state index in [1.807, 2.05) is 26.0 Å². The largest absolute Gasteiger partial charge is 0.507 e. The van der Waals surface area contributed by atoms with E-state index in [0.717, 1.165) is 41.0 Å². The molecule has 4 heteroatoms. The van der Waals surface area contributed by atoms with Crippen LogP contribution in [-0.4, -0.2) is 17.7 Å². The molecule has 26 heavy (non-hydrogen) atoms. The van der Waals surface area contributed by atoms with Crippen LogP contribution < -0.4 is 9.47 Å². The van der Waals surface area contributed by atoms with Crippen molar-refractivity contribution in [1.29, 1.82) is 0 Å². The highest BCUT2D eigenvalue weighted by molar-refractivity contribution is 5.86. The molecule has 3 atom stereocenters. The number of phenols is 1. The maximum absolute atomic E-state index is 12.8. The van der Waals surface area contributed by atoms with E-state index in [9.17, 15) is 9.90 Å². The fourth-order valence-corrected chi connectivity index (χ4v) is 5.12. The molecule has 0 aromatic heterocycles. The van der Waals surface area contributed by atoms with Gasteiger partial charge in [-0.25, -0.2) is 0 Å². The normalized spacial score (nSPS) is 25.9. The summed E-state index contributed by atoms with van der Waals surface area (Å²) in [6.07, 6.45) is 2.56. The number of hydrogen-bond acceptors (Lipinski definition) is 4. The molecule has 3 unspecified atom stereocenters. The highest BCUT2D eigenvalue weighted by atomic mass is 16.7. The minimum absolute atomic E-state index is 0.0196. The third-order valence-corrected chi connectivity index (χ3v) is 6.32. The van der Waals surface area contributed by atoms with Gasteiger partial charge in [0.1, 0.15) is 11.5 Å². The van der Waals surface area contributed by atoms with E-state index in [1.54, 1.807) is 0 Å². The maximum Gasteiger partial charge on any atom is 0.231 e. The van der Waals surface area contributed by atoms with Crippen molar-refractivity contribution in [2.45, 2.75) is 39.0 Å². The quantitative estimate of drug-likeness (QED) is 0.844. The summed E-state index contributed by atoms with van der Waals surface area (Å²) in [6.45, 7) is 4.10. The van der Waals surface area contributed by atoms with Crippen molar-refractivity contribution in [2.24, 2.45) is 11.8 Å². The van der Waals surface area contributed by atoms with Gasteiger partial charge in [-0.3, -0.25) is 4.79 Å². The summed E-state index contributed by atoms with van der Waals surface area (Å²) in [6, 6.07) is 8.25. The van der Waals surface area contributed by atoms with Gasteiger partial charge < -0.3 is 14.6 Å². The molecule has 5 rings (SSSR count). The third-order valence-electron chi connectivity index (χ3n) is 6.32. The average Bonchev–Trinajstić information content (AvgIpc) is 3.22. The topological polar surface area (TPSA) is 55.8 Å². The molecule has 0 radical (unpaired) electrons. The van der Waals surface area contributed by atoms with Crippen LogP contribution in [0.2, 0.25) is 0 Å². The fraction of sp³-hybridized carbons (Fsp3) is 0.409. The summed E-state index contributed by atoms with van der Waals surface area (Å²) in [4.78, 5) is 12.8. The van der Waals surface area contributed by atoms with E-state index in [-0.39, 0.29) is 18.6 Å². The lowest BCUT2D eigenvalue weighted by atomic mass is 9.67. The average molecular weight is 350 g/mol. The van der Waals surface area contributed by atoms with E-state index >= 15 is 0 Å². The number of fused-ring (bicyclic) bond motifs is 3. The Labute approximate surface area is 152 Å². The van der Waals surface area contributed by atoms with Gasteiger partial charge in [-0.1, -0.05) is 12.1 Å².